The highest BCUT2D eigenvalue weighted by Gasteiger charge is 2.29. The number of carbonyl (C=O) groups is 1. The lowest BCUT2D eigenvalue weighted by atomic mass is 10.2. The number of rotatable bonds is 2. The zero-order valence-electron chi connectivity index (χ0n) is 9.98. The van der Waals surface area contributed by atoms with Crippen molar-refractivity contribution in [3.8, 4) is 0 Å². The third kappa shape index (κ3) is 2.17. The van der Waals surface area contributed by atoms with E-state index < -0.39 is 6.10 Å². The average Bonchev–Trinajstić information content (AvgIpc) is 2.83. The van der Waals surface area contributed by atoms with Gasteiger partial charge in [-0.15, -0.1) is 0 Å². The maximum atomic E-state index is 12.2. The number of β-amino-alcohol motifs (C(OH)–C–C–N with tert-alkyl or cyclic N) is 1. The van der Waals surface area contributed by atoms with Crippen LogP contribution in [0.5, 0.6) is 0 Å². The third-order valence-electron chi connectivity index (χ3n) is 3.03. The molecule has 1 N–H and O–H groups in total. The van der Waals surface area contributed by atoms with Crippen LogP contribution in [0.3, 0.4) is 0 Å². The standard InChI is InChI=1S/C11H16ClN3O2/c1-3-15-10(12)9(7(2)13-15)11(17)14-5-4-8(16)6-14/h8,16H,3-6H2,1-2H3/t8-/m1/s1. The number of aliphatic hydroxyl groups excluding tert-OH is 1. The summed E-state index contributed by atoms with van der Waals surface area (Å²) >= 11 is 6.13. The summed E-state index contributed by atoms with van der Waals surface area (Å²) in [6, 6.07) is 0. The molecule has 5 nitrogen and oxygen atoms in total. The van der Waals surface area contributed by atoms with Crippen molar-refractivity contribution in [2.45, 2.75) is 32.9 Å². The molecule has 1 saturated heterocycles. The van der Waals surface area contributed by atoms with E-state index in [0.29, 0.717) is 42.5 Å². The van der Waals surface area contributed by atoms with Crippen LogP contribution >= 0.6 is 11.6 Å². The molecule has 1 aliphatic heterocycles. The SMILES string of the molecule is CCn1nc(C)c(C(=O)N2CC[C@@H](O)C2)c1Cl. The summed E-state index contributed by atoms with van der Waals surface area (Å²) in [6.45, 7) is 5.29. The van der Waals surface area contributed by atoms with Crippen molar-refractivity contribution in [1.82, 2.24) is 14.7 Å². The molecule has 1 aromatic heterocycles. The first-order valence-corrected chi connectivity index (χ1v) is 6.12. The number of nitrogens with zero attached hydrogens (tertiary/aromatic N) is 3. The van der Waals surface area contributed by atoms with Gasteiger partial charge in [0.1, 0.15) is 5.15 Å². The van der Waals surface area contributed by atoms with Crippen molar-refractivity contribution in [2.75, 3.05) is 13.1 Å². The fraction of sp³-hybridized carbons (Fsp3) is 0.636. The molecule has 1 aromatic rings. The Morgan fingerprint density at radius 3 is 2.82 bits per heavy atom. The number of aromatic nitrogens is 2. The Morgan fingerprint density at radius 2 is 2.35 bits per heavy atom. The number of likely N-dealkylation sites (tertiary alicyclic amines) is 1. The molecule has 1 atom stereocenters. The highest BCUT2D eigenvalue weighted by Crippen LogP contribution is 2.23. The molecule has 1 aliphatic rings. The molecular formula is C11H16ClN3O2. The first-order chi connectivity index (χ1) is 8.04. The normalized spacial score (nSPS) is 20.0. The van der Waals surface area contributed by atoms with E-state index in [1.807, 2.05) is 6.92 Å². The third-order valence-corrected chi connectivity index (χ3v) is 3.41. The predicted octanol–water partition coefficient (Wildman–Crippen LogP) is 1.07. The van der Waals surface area contributed by atoms with Crippen LogP contribution in [0.25, 0.3) is 0 Å². The molecule has 0 spiro atoms. The average molecular weight is 258 g/mol. The molecule has 1 fully saturated rings. The zero-order valence-corrected chi connectivity index (χ0v) is 10.7. The zero-order chi connectivity index (χ0) is 12.6. The molecule has 2 heterocycles. The number of amides is 1. The minimum absolute atomic E-state index is 0.135. The van der Waals surface area contributed by atoms with E-state index in [0.717, 1.165) is 0 Å². The number of carbonyl (C=O) groups excluding carboxylic acids is 1. The van der Waals surface area contributed by atoms with Gasteiger partial charge in [-0.2, -0.15) is 5.10 Å². The van der Waals surface area contributed by atoms with Gasteiger partial charge in [0.15, 0.2) is 0 Å². The van der Waals surface area contributed by atoms with Gasteiger partial charge in [-0.1, -0.05) is 11.6 Å². The van der Waals surface area contributed by atoms with Crippen LogP contribution in [0.15, 0.2) is 0 Å². The van der Waals surface area contributed by atoms with Crippen LogP contribution in [-0.4, -0.2) is 44.9 Å². The molecule has 0 aromatic carbocycles. The van der Waals surface area contributed by atoms with Crippen LogP contribution in [0.1, 0.15) is 29.4 Å². The molecule has 0 radical (unpaired) electrons. The van der Waals surface area contributed by atoms with E-state index in [2.05, 4.69) is 5.10 Å². The second kappa shape index (κ2) is 4.66. The van der Waals surface area contributed by atoms with Crippen molar-refractivity contribution in [2.24, 2.45) is 0 Å². The fourth-order valence-corrected chi connectivity index (χ4v) is 2.47. The van der Waals surface area contributed by atoms with Gasteiger partial charge in [-0.25, -0.2) is 0 Å². The predicted molar refractivity (Wildman–Crippen MR) is 64.2 cm³/mol. The molecule has 2 rings (SSSR count). The van der Waals surface area contributed by atoms with E-state index in [1.54, 1.807) is 16.5 Å². The van der Waals surface area contributed by atoms with Crippen molar-refractivity contribution >= 4 is 17.5 Å². The monoisotopic (exact) mass is 257 g/mol. The largest absolute Gasteiger partial charge is 0.391 e. The second-order valence-electron chi connectivity index (χ2n) is 4.26. The number of hydrogen-bond acceptors (Lipinski definition) is 3. The van der Waals surface area contributed by atoms with E-state index >= 15 is 0 Å². The van der Waals surface area contributed by atoms with E-state index in [1.165, 1.54) is 0 Å². The van der Waals surface area contributed by atoms with Crippen molar-refractivity contribution in [1.29, 1.82) is 0 Å². The minimum Gasteiger partial charge on any atom is -0.391 e. The van der Waals surface area contributed by atoms with Gasteiger partial charge >= 0.3 is 0 Å². The number of aryl methyl sites for hydroxylation is 2. The topological polar surface area (TPSA) is 58.4 Å². The Kier molecular flexibility index (Phi) is 3.40. The van der Waals surface area contributed by atoms with Gasteiger partial charge in [0.2, 0.25) is 0 Å². The molecule has 17 heavy (non-hydrogen) atoms. The van der Waals surface area contributed by atoms with Gasteiger partial charge in [0.05, 0.1) is 17.4 Å². The second-order valence-corrected chi connectivity index (χ2v) is 4.62. The van der Waals surface area contributed by atoms with Gasteiger partial charge in [0, 0.05) is 19.6 Å². The van der Waals surface area contributed by atoms with E-state index in [9.17, 15) is 9.90 Å². The van der Waals surface area contributed by atoms with E-state index in [4.69, 9.17) is 11.6 Å². The van der Waals surface area contributed by atoms with Crippen LogP contribution in [-0.2, 0) is 6.54 Å². The highest BCUT2D eigenvalue weighted by molar-refractivity contribution is 6.33. The maximum Gasteiger partial charge on any atom is 0.258 e. The Morgan fingerprint density at radius 1 is 1.65 bits per heavy atom. The Hall–Kier alpha value is -1.07. The Balaban J connectivity index is 2.28. The summed E-state index contributed by atoms with van der Waals surface area (Å²) in [4.78, 5) is 13.9. The Labute approximate surface area is 105 Å². The summed E-state index contributed by atoms with van der Waals surface area (Å²) in [5.74, 6) is -0.135. The molecule has 1 amide bonds. The van der Waals surface area contributed by atoms with Crippen molar-refractivity contribution in [3.05, 3.63) is 16.4 Å². The Bertz CT molecular complexity index is 444. The summed E-state index contributed by atoms with van der Waals surface area (Å²) in [7, 11) is 0. The summed E-state index contributed by atoms with van der Waals surface area (Å²) in [5, 5.41) is 14.0. The fourth-order valence-electron chi connectivity index (χ4n) is 2.09. The maximum absolute atomic E-state index is 12.2. The smallest absolute Gasteiger partial charge is 0.258 e. The first kappa shape index (κ1) is 12.4. The quantitative estimate of drug-likeness (QED) is 0.862. The molecule has 94 valence electrons. The van der Waals surface area contributed by atoms with Crippen molar-refractivity contribution < 1.29 is 9.90 Å². The van der Waals surface area contributed by atoms with E-state index in [-0.39, 0.29) is 5.91 Å². The lowest BCUT2D eigenvalue weighted by Crippen LogP contribution is -2.30. The van der Waals surface area contributed by atoms with Crippen LogP contribution in [0.2, 0.25) is 5.15 Å². The first-order valence-electron chi connectivity index (χ1n) is 5.74. The van der Waals surface area contributed by atoms with Crippen LogP contribution < -0.4 is 0 Å². The van der Waals surface area contributed by atoms with Gasteiger partial charge in [-0.3, -0.25) is 9.48 Å². The molecule has 6 heteroatoms. The molecule has 0 saturated carbocycles. The summed E-state index contributed by atoms with van der Waals surface area (Å²) < 4.78 is 1.61. The number of hydrogen-bond donors (Lipinski definition) is 1. The van der Waals surface area contributed by atoms with Crippen LogP contribution in [0.4, 0.5) is 0 Å². The summed E-state index contributed by atoms with van der Waals surface area (Å²) in [6.07, 6.45) is 0.212. The highest BCUT2D eigenvalue weighted by atomic mass is 35.5. The lowest BCUT2D eigenvalue weighted by Gasteiger charge is -2.15. The van der Waals surface area contributed by atoms with Crippen molar-refractivity contribution in [3.63, 3.8) is 0 Å². The molecular weight excluding hydrogens is 242 g/mol. The minimum atomic E-state index is -0.417. The lowest BCUT2D eigenvalue weighted by molar-refractivity contribution is 0.0764. The molecule has 0 unspecified atom stereocenters. The van der Waals surface area contributed by atoms with Gasteiger partial charge in [0.25, 0.3) is 5.91 Å². The molecule has 0 aliphatic carbocycles. The van der Waals surface area contributed by atoms with Gasteiger partial charge < -0.3 is 10.0 Å². The molecule has 0 bridgehead atoms. The number of aliphatic hydroxyl groups is 1. The summed E-state index contributed by atoms with van der Waals surface area (Å²) in [5.41, 5.74) is 1.10. The number of halogens is 1. The van der Waals surface area contributed by atoms with Gasteiger partial charge in [-0.05, 0) is 20.3 Å². The van der Waals surface area contributed by atoms with Crippen LogP contribution in [0, 0.1) is 6.92 Å².